The van der Waals surface area contributed by atoms with Crippen molar-refractivity contribution >= 4 is 11.9 Å². The number of carbonyl (C=O) groups is 2. The highest BCUT2D eigenvalue weighted by molar-refractivity contribution is 5.76. The van der Waals surface area contributed by atoms with Crippen molar-refractivity contribution in [2.45, 2.75) is 411 Å². The van der Waals surface area contributed by atoms with Crippen molar-refractivity contribution < 1.29 is 24.5 Å². The number of hydrogen-bond donors (Lipinski definition) is 3. The molecule has 0 aromatic rings. The Kier molecular flexibility index (Phi) is 66.4. The molecule has 0 bridgehead atoms. The summed E-state index contributed by atoms with van der Waals surface area (Å²) in [5.41, 5.74) is 0. The fourth-order valence-corrected chi connectivity index (χ4v) is 11.3. The maximum Gasteiger partial charge on any atom is 0.305 e. The lowest BCUT2D eigenvalue weighted by atomic mass is 10.0. The molecule has 0 heterocycles. The van der Waals surface area contributed by atoms with E-state index in [1.807, 2.05) is 6.08 Å². The molecule has 0 aliphatic rings. The Labute approximate surface area is 488 Å². The molecule has 0 saturated carbocycles. The van der Waals surface area contributed by atoms with Gasteiger partial charge in [0.25, 0.3) is 0 Å². The van der Waals surface area contributed by atoms with Gasteiger partial charge in [-0.25, -0.2) is 0 Å². The van der Waals surface area contributed by atoms with Crippen molar-refractivity contribution in [1.82, 2.24) is 5.32 Å². The predicted molar refractivity (Wildman–Crippen MR) is 343 cm³/mol. The minimum Gasteiger partial charge on any atom is -0.466 e. The minimum atomic E-state index is -0.840. The van der Waals surface area contributed by atoms with Crippen molar-refractivity contribution in [3.8, 4) is 0 Å². The number of amides is 1. The second-order valence-corrected chi connectivity index (χ2v) is 24.6. The number of hydrogen-bond acceptors (Lipinski definition) is 5. The number of unbranched alkanes of at least 4 members (excludes halogenated alkanes) is 54. The number of aliphatic hydroxyl groups is 2. The van der Waals surface area contributed by atoms with Gasteiger partial charge in [0.05, 0.1) is 25.4 Å². The summed E-state index contributed by atoms with van der Waals surface area (Å²) < 4.78 is 5.48. The lowest BCUT2D eigenvalue weighted by Crippen LogP contribution is -2.45. The maximum absolute atomic E-state index is 12.5. The average molecular weight is 1100 g/mol. The molecule has 0 fully saturated rings. The van der Waals surface area contributed by atoms with Gasteiger partial charge in [-0.2, -0.15) is 0 Å². The second-order valence-electron chi connectivity index (χ2n) is 24.6. The molecule has 3 N–H and O–H groups in total. The van der Waals surface area contributed by atoms with Crippen LogP contribution in [0.25, 0.3) is 0 Å². The smallest absolute Gasteiger partial charge is 0.305 e. The van der Waals surface area contributed by atoms with Gasteiger partial charge in [-0.05, 0) is 57.8 Å². The summed E-state index contributed by atoms with van der Waals surface area (Å²) in [4.78, 5) is 24.5. The topological polar surface area (TPSA) is 95.9 Å². The third-order valence-electron chi connectivity index (χ3n) is 16.7. The Hall–Kier alpha value is -1.66. The highest BCUT2D eigenvalue weighted by Crippen LogP contribution is 2.19. The SMILES string of the molecule is CCCCCCCCCCCCC/C=C/C(O)C(CO)NC(=O)CCCCCCCCCCCCCCCCCCC/C=C\CCCCCCCCCCCCCCCCCCOC(=O)CCCCCCCCCCCCC. The van der Waals surface area contributed by atoms with Gasteiger partial charge in [0.15, 0.2) is 0 Å². The van der Waals surface area contributed by atoms with Crippen LogP contribution in [0.5, 0.6) is 0 Å². The molecular weight excluding hydrogens is 959 g/mol. The zero-order valence-electron chi connectivity index (χ0n) is 52.9. The van der Waals surface area contributed by atoms with Crippen molar-refractivity contribution in [2.75, 3.05) is 13.2 Å². The lowest BCUT2D eigenvalue weighted by Gasteiger charge is -2.20. The molecule has 0 rings (SSSR count). The van der Waals surface area contributed by atoms with Gasteiger partial charge in [-0.3, -0.25) is 9.59 Å². The van der Waals surface area contributed by atoms with Crippen LogP contribution in [-0.4, -0.2) is 47.4 Å². The first-order chi connectivity index (χ1) is 38.5. The molecule has 0 aliphatic carbocycles. The summed E-state index contributed by atoms with van der Waals surface area (Å²) in [6.45, 7) is 4.93. The summed E-state index contributed by atoms with van der Waals surface area (Å²) in [6, 6.07) is -0.623. The van der Waals surface area contributed by atoms with E-state index in [0.29, 0.717) is 19.4 Å². The zero-order chi connectivity index (χ0) is 56.4. The quantitative estimate of drug-likeness (QED) is 0.0320. The summed E-state index contributed by atoms with van der Waals surface area (Å²) in [5, 5.41) is 23.1. The van der Waals surface area contributed by atoms with Crippen LogP contribution in [0.1, 0.15) is 399 Å². The van der Waals surface area contributed by atoms with Crippen LogP contribution in [0.3, 0.4) is 0 Å². The van der Waals surface area contributed by atoms with E-state index < -0.39 is 12.1 Å². The fraction of sp³-hybridized carbons (Fsp3) is 0.917. The van der Waals surface area contributed by atoms with Gasteiger partial charge >= 0.3 is 5.97 Å². The molecular formula is C72H139NO5. The molecule has 2 atom stereocenters. The molecule has 0 aromatic heterocycles. The van der Waals surface area contributed by atoms with Gasteiger partial charge in [-0.15, -0.1) is 0 Å². The largest absolute Gasteiger partial charge is 0.466 e. The molecule has 0 saturated heterocycles. The standard InChI is InChI=1S/C72H139NO5/c1-3-5-7-9-11-13-15-41-45-48-52-56-60-64-70(75)69(68-74)73-71(76)65-61-57-53-49-46-42-39-37-35-33-31-29-27-25-23-21-19-17-16-18-20-22-24-26-28-30-32-34-36-38-40-43-47-51-55-59-63-67-78-72(77)66-62-58-54-50-44-14-12-10-8-6-4-2/h16,18,60,64,69-70,74-75H,3-15,17,19-59,61-63,65-68H2,1-2H3,(H,73,76)/b18-16-,64-60+. The van der Waals surface area contributed by atoms with E-state index in [4.69, 9.17) is 4.74 Å². The Morgan fingerprint density at radius 3 is 0.910 bits per heavy atom. The number of rotatable bonds is 67. The van der Waals surface area contributed by atoms with E-state index in [2.05, 4.69) is 31.3 Å². The van der Waals surface area contributed by atoms with Crippen molar-refractivity contribution in [3.63, 3.8) is 0 Å². The van der Waals surface area contributed by atoms with Crippen LogP contribution in [0.4, 0.5) is 0 Å². The van der Waals surface area contributed by atoms with Crippen LogP contribution >= 0.6 is 0 Å². The lowest BCUT2D eigenvalue weighted by molar-refractivity contribution is -0.143. The molecule has 1 amide bonds. The molecule has 2 unspecified atom stereocenters. The molecule has 6 nitrogen and oxygen atoms in total. The van der Waals surface area contributed by atoms with E-state index >= 15 is 0 Å². The van der Waals surface area contributed by atoms with Gasteiger partial charge in [0.1, 0.15) is 0 Å². The highest BCUT2D eigenvalue weighted by atomic mass is 16.5. The molecule has 0 aromatic carbocycles. The van der Waals surface area contributed by atoms with Crippen LogP contribution in [0.15, 0.2) is 24.3 Å². The maximum atomic E-state index is 12.5. The number of aliphatic hydroxyl groups excluding tert-OH is 2. The van der Waals surface area contributed by atoms with E-state index in [1.54, 1.807) is 6.08 Å². The monoisotopic (exact) mass is 1100 g/mol. The summed E-state index contributed by atoms with van der Waals surface area (Å²) >= 11 is 0. The third-order valence-corrected chi connectivity index (χ3v) is 16.7. The summed E-state index contributed by atoms with van der Waals surface area (Å²) in [5.74, 6) is -0.0409. The number of nitrogens with one attached hydrogen (secondary N) is 1. The average Bonchev–Trinajstić information content (AvgIpc) is 3.44. The molecule has 78 heavy (non-hydrogen) atoms. The zero-order valence-corrected chi connectivity index (χ0v) is 52.9. The van der Waals surface area contributed by atoms with E-state index in [1.165, 1.54) is 334 Å². The molecule has 0 radical (unpaired) electrons. The van der Waals surface area contributed by atoms with Crippen LogP contribution in [0.2, 0.25) is 0 Å². The summed E-state index contributed by atoms with van der Waals surface area (Å²) in [7, 11) is 0. The Balaban J connectivity index is 3.33. The van der Waals surface area contributed by atoms with Crippen LogP contribution in [0, 0.1) is 0 Å². The van der Waals surface area contributed by atoms with Crippen LogP contribution in [-0.2, 0) is 14.3 Å². The number of esters is 1. The fourth-order valence-electron chi connectivity index (χ4n) is 11.3. The van der Waals surface area contributed by atoms with E-state index in [9.17, 15) is 19.8 Å². The van der Waals surface area contributed by atoms with Gasteiger partial charge in [0.2, 0.25) is 5.91 Å². The van der Waals surface area contributed by atoms with Crippen molar-refractivity contribution in [3.05, 3.63) is 24.3 Å². The Bertz CT molecular complexity index is 1220. The molecule has 0 spiro atoms. The number of allylic oxidation sites excluding steroid dienone is 3. The molecule has 462 valence electrons. The number of ether oxygens (including phenoxy) is 1. The Morgan fingerprint density at radius 1 is 0.346 bits per heavy atom. The first-order valence-corrected chi connectivity index (χ1v) is 35.6. The predicted octanol–water partition coefficient (Wildman–Crippen LogP) is 22.9. The molecule has 6 heteroatoms. The van der Waals surface area contributed by atoms with Crippen molar-refractivity contribution in [1.29, 1.82) is 0 Å². The molecule has 0 aliphatic heterocycles. The first kappa shape index (κ1) is 76.3. The van der Waals surface area contributed by atoms with E-state index in [-0.39, 0.29) is 18.5 Å². The van der Waals surface area contributed by atoms with Crippen LogP contribution < -0.4 is 5.32 Å². The number of carbonyl (C=O) groups excluding carboxylic acids is 2. The van der Waals surface area contributed by atoms with Gasteiger partial charge in [0, 0.05) is 12.8 Å². The van der Waals surface area contributed by atoms with Gasteiger partial charge < -0.3 is 20.3 Å². The first-order valence-electron chi connectivity index (χ1n) is 35.6. The Morgan fingerprint density at radius 2 is 0.603 bits per heavy atom. The summed E-state index contributed by atoms with van der Waals surface area (Å²) in [6.07, 6.45) is 85.7. The third kappa shape index (κ3) is 63.5. The normalized spacial score (nSPS) is 12.6. The van der Waals surface area contributed by atoms with Gasteiger partial charge in [-0.1, -0.05) is 353 Å². The second kappa shape index (κ2) is 67.8. The van der Waals surface area contributed by atoms with Crippen molar-refractivity contribution in [2.24, 2.45) is 0 Å². The highest BCUT2D eigenvalue weighted by Gasteiger charge is 2.18. The van der Waals surface area contributed by atoms with E-state index in [0.717, 1.165) is 38.5 Å². The minimum absolute atomic E-state index is 0.0214.